The van der Waals surface area contributed by atoms with Gasteiger partial charge in [-0.05, 0) is 18.7 Å². The predicted octanol–water partition coefficient (Wildman–Crippen LogP) is 1.94. The molecule has 0 aliphatic carbocycles. The van der Waals surface area contributed by atoms with Gasteiger partial charge in [-0.1, -0.05) is 19.1 Å². The van der Waals surface area contributed by atoms with Crippen LogP contribution in [0.25, 0.3) is 0 Å². The Morgan fingerprint density at radius 2 is 2.22 bits per heavy atom. The Kier molecular flexibility index (Phi) is 4.62. The van der Waals surface area contributed by atoms with E-state index in [2.05, 4.69) is 21.8 Å². The van der Waals surface area contributed by atoms with E-state index in [-0.39, 0.29) is 11.9 Å². The number of likely N-dealkylation sites (N-methyl/N-ethyl adjacent to an activating group) is 1. The van der Waals surface area contributed by atoms with Crippen molar-refractivity contribution in [3.05, 3.63) is 48.0 Å². The predicted molar refractivity (Wildman–Crippen MR) is 87.5 cm³/mol. The van der Waals surface area contributed by atoms with Gasteiger partial charge >= 0.3 is 0 Å². The molecule has 3 rings (SSSR count). The molecule has 1 atom stereocenters. The molecule has 1 aliphatic rings. The maximum atomic E-state index is 12.9. The van der Waals surface area contributed by atoms with Crippen LogP contribution in [0.3, 0.4) is 0 Å². The first kappa shape index (κ1) is 15.6. The standard InChI is InChI=1S/C17H22N4O2/c1-3-20-10-11-21(12-14(20)16-18-8-9-19-16)17(22)13-6-4-5-7-15(13)23-2/h4-9,14H,3,10-12H2,1-2H3,(H,18,19)/t14-/m0/s1. The monoisotopic (exact) mass is 314 g/mol. The molecule has 1 aromatic heterocycles. The number of ether oxygens (including phenoxy) is 1. The molecule has 1 aliphatic heterocycles. The lowest BCUT2D eigenvalue weighted by atomic mass is 10.1. The first-order valence-corrected chi connectivity index (χ1v) is 7.90. The molecular formula is C17H22N4O2. The Hall–Kier alpha value is -2.34. The van der Waals surface area contributed by atoms with Crippen LogP contribution < -0.4 is 4.74 Å². The number of amides is 1. The normalized spacial score (nSPS) is 18.9. The van der Waals surface area contributed by atoms with Crippen molar-refractivity contribution in [2.75, 3.05) is 33.3 Å². The Morgan fingerprint density at radius 3 is 2.91 bits per heavy atom. The summed E-state index contributed by atoms with van der Waals surface area (Å²) in [5.74, 6) is 1.53. The highest BCUT2D eigenvalue weighted by Crippen LogP contribution is 2.26. The molecule has 1 N–H and O–H groups in total. The van der Waals surface area contributed by atoms with Gasteiger partial charge in [-0.3, -0.25) is 9.69 Å². The van der Waals surface area contributed by atoms with E-state index in [0.717, 1.165) is 18.9 Å². The molecule has 2 heterocycles. The summed E-state index contributed by atoms with van der Waals surface area (Å²) >= 11 is 0. The molecule has 6 nitrogen and oxygen atoms in total. The summed E-state index contributed by atoms with van der Waals surface area (Å²) in [4.78, 5) is 24.7. The number of methoxy groups -OCH3 is 1. The number of aromatic amines is 1. The van der Waals surface area contributed by atoms with E-state index in [1.54, 1.807) is 13.3 Å². The summed E-state index contributed by atoms with van der Waals surface area (Å²) < 4.78 is 5.32. The number of imidazole rings is 1. The first-order chi connectivity index (χ1) is 11.2. The van der Waals surface area contributed by atoms with Crippen LogP contribution in [0, 0.1) is 0 Å². The molecule has 0 saturated carbocycles. The zero-order chi connectivity index (χ0) is 16.2. The van der Waals surface area contributed by atoms with E-state index in [1.165, 1.54) is 0 Å². The maximum absolute atomic E-state index is 12.9. The van der Waals surface area contributed by atoms with Crippen molar-refractivity contribution in [3.63, 3.8) is 0 Å². The maximum Gasteiger partial charge on any atom is 0.257 e. The fourth-order valence-electron chi connectivity index (χ4n) is 3.09. The van der Waals surface area contributed by atoms with Crippen molar-refractivity contribution >= 4 is 5.91 Å². The summed E-state index contributed by atoms with van der Waals surface area (Å²) in [6, 6.07) is 7.47. The van der Waals surface area contributed by atoms with E-state index in [4.69, 9.17) is 4.74 Å². The van der Waals surface area contributed by atoms with Crippen LogP contribution >= 0.6 is 0 Å². The molecule has 0 unspecified atom stereocenters. The third-order valence-corrected chi connectivity index (χ3v) is 4.36. The number of rotatable bonds is 4. The van der Waals surface area contributed by atoms with Crippen LogP contribution in [0.5, 0.6) is 5.75 Å². The number of para-hydroxylation sites is 1. The Labute approximate surface area is 136 Å². The molecule has 0 bridgehead atoms. The minimum Gasteiger partial charge on any atom is -0.496 e. The van der Waals surface area contributed by atoms with Gasteiger partial charge in [0.25, 0.3) is 5.91 Å². The van der Waals surface area contributed by atoms with Crippen LogP contribution in [0.1, 0.15) is 29.1 Å². The number of carbonyl (C=O) groups excluding carboxylic acids is 1. The van der Waals surface area contributed by atoms with Crippen LogP contribution in [0.4, 0.5) is 0 Å². The summed E-state index contributed by atoms with van der Waals surface area (Å²) in [6.45, 7) is 5.23. The highest BCUT2D eigenvalue weighted by molar-refractivity contribution is 5.97. The van der Waals surface area contributed by atoms with Crippen molar-refractivity contribution in [1.29, 1.82) is 0 Å². The van der Waals surface area contributed by atoms with Gasteiger partial charge in [0.05, 0.1) is 18.7 Å². The average Bonchev–Trinajstić information content (AvgIpc) is 3.15. The van der Waals surface area contributed by atoms with E-state index in [0.29, 0.717) is 24.4 Å². The fourth-order valence-corrected chi connectivity index (χ4v) is 3.09. The number of benzene rings is 1. The SMILES string of the molecule is CCN1CCN(C(=O)c2ccccc2OC)C[C@H]1c1ncc[nH]1. The zero-order valence-electron chi connectivity index (χ0n) is 13.5. The van der Waals surface area contributed by atoms with Gasteiger partial charge in [0.15, 0.2) is 0 Å². The second-order valence-electron chi connectivity index (χ2n) is 5.57. The van der Waals surface area contributed by atoms with Gasteiger partial charge in [0.1, 0.15) is 11.6 Å². The second kappa shape index (κ2) is 6.83. The Bertz CT molecular complexity index is 656. The number of H-pyrrole nitrogens is 1. The van der Waals surface area contributed by atoms with E-state index in [9.17, 15) is 4.79 Å². The number of piperazine rings is 1. The van der Waals surface area contributed by atoms with Crippen LogP contribution in [0.2, 0.25) is 0 Å². The number of aromatic nitrogens is 2. The lowest BCUT2D eigenvalue weighted by Gasteiger charge is -2.40. The van der Waals surface area contributed by atoms with Crippen molar-refractivity contribution in [1.82, 2.24) is 19.8 Å². The number of hydrogen-bond donors (Lipinski definition) is 1. The van der Waals surface area contributed by atoms with Gasteiger partial charge in [-0.15, -0.1) is 0 Å². The molecule has 1 aromatic carbocycles. The molecule has 0 spiro atoms. The van der Waals surface area contributed by atoms with E-state index < -0.39 is 0 Å². The Balaban J connectivity index is 1.82. The Morgan fingerprint density at radius 1 is 1.39 bits per heavy atom. The molecule has 23 heavy (non-hydrogen) atoms. The summed E-state index contributed by atoms with van der Waals surface area (Å²) in [5, 5.41) is 0. The van der Waals surface area contributed by atoms with E-state index in [1.807, 2.05) is 35.4 Å². The summed E-state index contributed by atoms with van der Waals surface area (Å²) in [6.07, 6.45) is 3.58. The molecular weight excluding hydrogens is 292 g/mol. The zero-order valence-corrected chi connectivity index (χ0v) is 13.5. The highest BCUT2D eigenvalue weighted by atomic mass is 16.5. The molecule has 1 amide bonds. The third kappa shape index (κ3) is 3.07. The van der Waals surface area contributed by atoms with Gasteiger partial charge in [-0.2, -0.15) is 0 Å². The highest BCUT2D eigenvalue weighted by Gasteiger charge is 2.32. The molecule has 1 saturated heterocycles. The second-order valence-corrected chi connectivity index (χ2v) is 5.57. The smallest absolute Gasteiger partial charge is 0.257 e. The van der Waals surface area contributed by atoms with Crippen molar-refractivity contribution in [2.45, 2.75) is 13.0 Å². The fraction of sp³-hybridized carbons (Fsp3) is 0.412. The van der Waals surface area contributed by atoms with Gasteiger partial charge in [0.2, 0.25) is 0 Å². The van der Waals surface area contributed by atoms with Gasteiger partial charge < -0.3 is 14.6 Å². The lowest BCUT2D eigenvalue weighted by molar-refractivity contribution is 0.0477. The quantitative estimate of drug-likeness (QED) is 0.937. The number of nitrogens with zero attached hydrogens (tertiary/aromatic N) is 3. The molecule has 122 valence electrons. The third-order valence-electron chi connectivity index (χ3n) is 4.36. The van der Waals surface area contributed by atoms with E-state index >= 15 is 0 Å². The summed E-state index contributed by atoms with van der Waals surface area (Å²) in [7, 11) is 1.59. The molecule has 1 fully saturated rings. The molecule has 0 radical (unpaired) electrons. The molecule has 6 heteroatoms. The van der Waals surface area contributed by atoms with Crippen molar-refractivity contribution in [2.24, 2.45) is 0 Å². The molecule has 2 aromatic rings. The minimum atomic E-state index is 0.00904. The number of nitrogens with one attached hydrogen (secondary N) is 1. The lowest BCUT2D eigenvalue weighted by Crippen LogP contribution is -2.50. The largest absolute Gasteiger partial charge is 0.496 e. The van der Waals surface area contributed by atoms with Crippen molar-refractivity contribution < 1.29 is 9.53 Å². The van der Waals surface area contributed by atoms with Crippen LogP contribution in [0.15, 0.2) is 36.7 Å². The topological polar surface area (TPSA) is 61.5 Å². The van der Waals surface area contributed by atoms with Crippen LogP contribution in [-0.4, -0.2) is 59.0 Å². The number of carbonyl (C=O) groups is 1. The van der Waals surface area contributed by atoms with Crippen LogP contribution in [-0.2, 0) is 0 Å². The minimum absolute atomic E-state index is 0.00904. The first-order valence-electron chi connectivity index (χ1n) is 7.90. The van der Waals surface area contributed by atoms with Crippen molar-refractivity contribution in [3.8, 4) is 5.75 Å². The van der Waals surface area contributed by atoms with Gasteiger partial charge in [0, 0.05) is 32.0 Å². The number of hydrogen-bond acceptors (Lipinski definition) is 4. The van der Waals surface area contributed by atoms with Gasteiger partial charge in [-0.25, -0.2) is 4.98 Å². The average molecular weight is 314 g/mol. The summed E-state index contributed by atoms with van der Waals surface area (Å²) in [5.41, 5.74) is 0.609.